The van der Waals surface area contributed by atoms with Crippen molar-refractivity contribution >= 4 is 0 Å². The molecule has 0 radical (unpaired) electrons. The van der Waals surface area contributed by atoms with E-state index >= 15 is 8.78 Å². The molecule has 1 atom stereocenters. The van der Waals surface area contributed by atoms with Crippen molar-refractivity contribution in [1.29, 1.82) is 0 Å². The van der Waals surface area contributed by atoms with Gasteiger partial charge in [0.1, 0.15) is 5.75 Å². The SMILES string of the molecule is CCCCCC[C@H](C)OCc1ccc(-c2ccc(-c3ccc(OCCCCCCC(F)(F)C(F)(F)C(F)(F)C(F)(F)F)cc3)c(F)c2F)cc1. The lowest BCUT2D eigenvalue weighted by Gasteiger charge is -2.33. The number of benzene rings is 3. The maximum absolute atomic E-state index is 15.2. The Bertz CT molecular complexity index is 1470. The lowest BCUT2D eigenvalue weighted by atomic mass is 9.98. The van der Waals surface area contributed by atoms with Crippen LogP contribution in [-0.4, -0.2) is 36.7 Å². The van der Waals surface area contributed by atoms with Crippen LogP contribution in [0, 0.1) is 11.6 Å². The minimum absolute atomic E-state index is 0.0196. The molecule has 0 saturated carbocycles. The number of unbranched alkanes of at least 4 members (excludes halogenated alkanes) is 6. The molecule has 3 aromatic rings. The maximum atomic E-state index is 15.2. The molecular weight excluding hydrogens is 685 g/mol. The van der Waals surface area contributed by atoms with Gasteiger partial charge in [0, 0.05) is 17.5 Å². The normalized spacial score (nSPS) is 13.5. The average Bonchev–Trinajstić information content (AvgIpc) is 3.06. The van der Waals surface area contributed by atoms with Gasteiger partial charge in [0.05, 0.1) is 19.3 Å². The minimum atomic E-state index is -6.88. The van der Waals surface area contributed by atoms with Crippen LogP contribution in [0.15, 0.2) is 60.7 Å². The van der Waals surface area contributed by atoms with Gasteiger partial charge in [0.25, 0.3) is 0 Å². The van der Waals surface area contributed by atoms with Crippen molar-refractivity contribution in [3.8, 4) is 28.0 Å². The largest absolute Gasteiger partial charge is 0.494 e. The van der Waals surface area contributed by atoms with Crippen LogP contribution in [0.1, 0.15) is 83.6 Å². The molecule has 3 rings (SSSR count). The van der Waals surface area contributed by atoms with Crippen LogP contribution in [0.25, 0.3) is 22.3 Å². The van der Waals surface area contributed by atoms with Crippen molar-refractivity contribution in [2.75, 3.05) is 6.61 Å². The summed E-state index contributed by atoms with van der Waals surface area (Å²) in [5.41, 5.74) is 1.90. The van der Waals surface area contributed by atoms with E-state index in [9.17, 15) is 39.5 Å². The first-order valence-electron chi connectivity index (χ1n) is 16.5. The van der Waals surface area contributed by atoms with Gasteiger partial charge in [0.2, 0.25) is 0 Å². The van der Waals surface area contributed by atoms with Gasteiger partial charge in [-0.2, -0.15) is 39.5 Å². The Balaban J connectivity index is 1.47. The molecule has 0 aliphatic rings. The zero-order valence-electron chi connectivity index (χ0n) is 27.8. The van der Waals surface area contributed by atoms with E-state index in [1.807, 2.05) is 19.1 Å². The predicted octanol–water partition coefficient (Wildman–Crippen LogP) is 13.0. The van der Waals surface area contributed by atoms with Gasteiger partial charge in [0.15, 0.2) is 11.6 Å². The Morgan fingerprint density at radius 2 is 1.12 bits per heavy atom. The molecule has 0 saturated heterocycles. The molecular formula is C37H41F11O2. The Labute approximate surface area is 285 Å². The van der Waals surface area contributed by atoms with Gasteiger partial charge in [-0.05, 0) is 55.0 Å². The van der Waals surface area contributed by atoms with Gasteiger partial charge in [-0.25, -0.2) is 8.78 Å². The number of hydrogen-bond donors (Lipinski definition) is 0. The molecule has 0 aliphatic heterocycles. The summed E-state index contributed by atoms with van der Waals surface area (Å²) in [6, 6.07) is 16.0. The molecule has 278 valence electrons. The van der Waals surface area contributed by atoms with E-state index in [4.69, 9.17) is 9.47 Å². The van der Waals surface area contributed by atoms with E-state index in [0.717, 1.165) is 18.4 Å². The first kappa shape index (κ1) is 41.1. The standard InChI is InChI=1S/C37H41F11O2/c1-3-4-5-8-11-25(2)50-24-26-12-14-27(15-13-26)30-20-21-31(33(39)32(30)38)28-16-18-29(19-17-28)49-23-10-7-6-9-22-34(40,41)35(42,43)36(44,45)37(46,47)48/h12-21,25H,3-11,22-24H2,1-2H3/t25-/m0/s1. The van der Waals surface area contributed by atoms with Crippen LogP contribution >= 0.6 is 0 Å². The Morgan fingerprint density at radius 1 is 0.600 bits per heavy atom. The summed E-state index contributed by atoms with van der Waals surface area (Å²) in [6.45, 7) is 4.65. The summed E-state index contributed by atoms with van der Waals surface area (Å²) in [6.07, 6.45) is -3.41. The van der Waals surface area contributed by atoms with Crippen LogP contribution in [0.4, 0.5) is 48.3 Å². The monoisotopic (exact) mass is 726 g/mol. The summed E-state index contributed by atoms with van der Waals surface area (Å²) in [4.78, 5) is 0. The fraction of sp³-hybridized carbons (Fsp3) is 0.514. The fourth-order valence-electron chi connectivity index (χ4n) is 5.24. The number of halogens is 11. The quantitative estimate of drug-likeness (QED) is 0.0853. The minimum Gasteiger partial charge on any atom is -0.494 e. The molecule has 0 fully saturated rings. The molecule has 13 heteroatoms. The number of ether oxygens (including phenoxy) is 2. The highest BCUT2D eigenvalue weighted by Crippen LogP contribution is 2.54. The zero-order valence-corrected chi connectivity index (χ0v) is 27.8. The van der Waals surface area contributed by atoms with E-state index < -0.39 is 48.4 Å². The predicted molar refractivity (Wildman–Crippen MR) is 170 cm³/mol. The molecule has 0 spiro atoms. The summed E-state index contributed by atoms with van der Waals surface area (Å²) < 4.78 is 158. The van der Waals surface area contributed by atoms with E-state index in [1.54, 1.807) is 12.1 Å². The van der Waals surface area contributed by atoms with Gasteiger partial charge >= 0.3 is 23.9 Å². The highest BCUT2D eigenvalue weighted by Gasteiger charge is 2.81. The van der Waals surface area contributed by atoms with Crippen molar-refractivity contribution in [2.45, 2.75) is 115 Å². The third-order valence-corrected chi connectivity index (χ3v) is 8.37. The highest BCUT2D eigenvalue weighted by atomic mass is 19.4. The van der Waals surface area contributed by atoms with E-state index in [-0.39, 0.29) is 43.1 Å². The van der Waals surface area contributed by atoms with Crippen LogP contribution in [-0.2, 0) is 11.3 Å². The smallest absolute Gasteiger partial charge is 0.460 e. The number of rotatable bonds is 20. The van der Waals surface area contributed by atoms with Crippen molar-refractivity contribution in [1.82, 2.24) is 0 Å². The Kier molecular flexibility index (Phi) is 14.6. The number of hydrogen-bond acceptors (Lipinski definition) is 2. The molecule has 0 aromatic heterocycles. The Morgan fingerprint density at radius 3 is 1.66 bits per heavy atom. The first-order valence-corrected chi connectivity index (χ1v) is 16.5. The third kappa shape index (κ3) is 10.4. The van der Waals surface area contributed by atoms with Crippen molar-refractivity contribution in [2.24, 2.45) is 0 Å². The lowest BCUT2D eigenvalue weighted by Crippen LogP contribution is -2.60. The lowest BCUT2D eigenvalue weighted by molar-refractivity contribution is -0.396. The van der Waals surface area contributed by atoms with Crippen LogP contribution in [0.3, 0.4) is 0 Å². The molecule has 0 bridgehead atoms. The fourth-order valence-corrected chi connectivity index (χ4v) is 5.24. The van der Waals surface area contributed by atoms with Gasteiger partial charge in [-0.15, -0.1) is 0 Å². The topological polar surface area (TPSA) is 18.5 Å². The molecule has 3 aromatic carbocycles. The molecule has 0 N–H and O–H groups in total. The van der Waals surface area contributed by atoms with E-state index in [2.05, 4.69) is 6.92 Å². The van der Waals surface area contributed by atoms with Gasteiger partial charge in [-0.1, -0.05) is 94.0 Å². The molecule has 2 nitrogen and oxygen atoms in total. The summed E-state index contributed by atoms with van der Waals surface area (Å²) in [5.74, 6) is -20.8. The average molecular weight is 727 g/mol. The molecule has 0 unspecified atom stereocenters. The molecule has 0 heterocycles. The zero-order chi connectivity index (χ0) is 37.2. The van der Waals surface area contributed by atoms with Crippen LogP contribution in [0.2, 0.25) is 0 Å². The van der Waals surface area contributed by atoms with E-state index in [1.165, 1.54) is 55.7 Å². The first-order chi connectivity index (χ1) is 23.4. The van der Waals surface area contributed by atoms with Crippen molar-refractivity contribution in [3.05, 3.63) is 77.9 Å². The van der Waals surface area contributed by atoms with Crippen molar-refractivity contribution in [3.63, 3.8) is 0 Å². The van der Waals surface area contributed by atoms with Gasteiger partial charge < -0.3 is 9.47 Å². The summed E-state index contributed by atoms with van der Waals surface area (Å²) in [5, 5.41) is 0. The molecule has 50 heavy (non-hydrogen) atoms. The number of alkyl halides is 9. The maximum Gasteiger partial charge on any atom is 0.460 e. The van der Waals surface area contributed by atoms with Crippen LogP contribution < -0.4 is 4.74 Å². The van der Waals surface area contributed by atoms with E-state index in [0.29, 0.717) is 23.5 Å². The van der Waals surface area contributed by atoms with Gasteiger partial charge in [-0.3, -0.25) is 0 Å². The Hall–Kier alpha value is -3.35. The van der Waals surface area contributed by atoms with Crippen LogP contribution in [0.5, 0.6) is 5.75 Å². The molecule has 0 aliphatic carbocycles. The molecule has 0 amide bonds. The summed E-state index contributed by atoms with van der Waals surface area (Å²) in [7, 11) is 0. The summed E-state index contributed by atoms with van der Waals surface area (Å²) >= 11 is 0. The second-order valence-electron chi connectivity index (χ2n) is 12.3. The van der Waals surface area contributed by atoms with Crippen molar-refractivity contribution < 1.29 is 57.8 Å². The highest BCUT2D eigenvalue weighted by molar-refractivity contribution is 5.72. The second-order valence-corrected chi connectivity index (χ2v) is 12.3. The third-order valence-electron chi connectivity index (χ3n) is 8.37. The second kappa shape index (κ2) is 17.7.